The quantitative estimate of drug-likeness (QED) is 0.157. The SMILES string of the molecule is C[C@@H]1C/C=C/C=C/C=C/C=C/[C@H](OC2O[C@H](C)[C@@H](O)[C@H](N)[C@@H]2O)C[C@@H]2O[C@](O)(C[C@@H](O)C[C@H]3O[C@@H]3/C=C/C(=O)O1)C[C@H](O)[C@H]2C(=O)O. The van der Waals surface area contributed by atoms with E-state index in [-0.39, 0.29) is 25.4 Å². The van der Waals surface area contributed by atoms with E-state index < -0.39 is 97.3 Å². The highest BCUT2D eigenvalue weighted by atomic mass is 16.7. The number of carboxylic acid groups (broad SMARTS) is 1. The lowest BCUT2D eigenvalue weighted by molar-refractivity contribution is -0.308. The number of fused-ring (bicyclic) bond motifs is 3. The van der Waals surface area contributed by atoms with Crippen molar-refractivity contribution in [3.63, 3.8) is 0 Å². The fourth-order valence-corrected chi connectivity index (χ4v) is 6.00. The minimum atomic E-state index is -2.10. The van der Waals surface area contributed by atoms with Gasteiger partial charge in [-0.2, -0.15) is 0 Å². The maximum absolute atomic E-state index is 12.3. The van der Waals surface area contributed by atoms with Crippen LogP contribution in [0, 0.1) is 5.92 Å². The summed E-state index contributed by atoms with van der Waals surface area (Å²) in [6, 6.07) is -1.08. The maximum Gasteiger partial charge on any atom is 0.330 e. The molecule has 4 heterocycles. The summed E-state index contributed by atoms with van der Waals surface area (Å²) in [7, 11) is 0. The lowest BCUT2D eigenvalue weighted by Crippen LogP contribution is -2.61. The van der Waals surface area contributed by atoms with Crippen LogP contribution in [0.4, 0.5) is 0 Å². The molecule has 8 N–H and O–H groups in total. The third kappa shape index (κ3) is 10.6. The number of nitrogens with two attached hydrogens (primary N) is 1. The van der Waals surface area contributed by atoms with E-state index in [1.807, 2.05) is 6.08 Å². The molecule has 0 aromatic rings. The topological polar surface area (TPSA) is 231 Å². The molecule has 14 atom stereocenters. The molecule has 2 bridgehead atoms. The summed E-state index contributed by atoms with van der Waals surface area (Å²) >= 11 is 0. The average Bonchev–Trinajstić information content (AvgIpc) is 3.72. The number of allylic oxidation sites excluding steroid dienone is 6. The van der Waals surface area contributed by atoms with Gasteiger partial charge in [0.25, 0.3) is 0 Å². The van der Waals surface area contributed by atoms with E-state index in [2.05, 4.69) is 0 Å². The van der Waals surface area contributed by atoms with E-state index in [0.29, 0.717) is 6.42 Å². The van der Waals surface area contributed by atoms with Gasteiger partial charge in [0.2, 0.25) is 0 Å². The molecule has 47 heavy (non-hydrogen) atoms. The number of carboxylic acids is 1. The van der Waals surface area contributed by atoms with Gasteiger partial charge in [0.1, 0.15) is 24.2 Å². The first-order valence-electron chi connectivity index (χ1n) is 15.9. The number of aliphatic hydroxyl groups excluding tert-OH is 4. The Morgan fingerprint density at radius 1 is 0.936 bits per heavy atom. The number of esters is 1. The summed E-state index contributed by atoms with van der Waals surface area (Å²) in [6.07, 6.45) is 5.25. The average molecular weight is 666 g/mol. The molecule has 0 aromatic carbocycles. The van der Waals surface area contributed by atoms with Crippen LogP contribution in [0.3, 0.4) is 0 Å². The van der Waals surface area contributed by atoms with E-state index >= 15 is 0 Å². The van der Waals surface area contributed by atoms with Gasteiger partial charge < -0.3 is 60.1 Å². The number of aliphatic hydroxyl groups is 5. The van der Waals surface area contributed by atoms with Crippen molar-refractivity contribution in [1.82, 2.24) is 0 Å². The number of aliphatic carboxylic acids is 1. The van der Waals surface area contributed by atoms with Crippen molar-refractivity contribution in [3.8, 4) is 0 Å². The second kappa shape index (κ2) is 16.6. The highest BCUT2D eigenvalue weighted by Gasteiger charge is 2.51. The molecule has 4 aliphatic heterocycles. The Kier molecular flexibility index (Phi) is 13.1. The predicted octanol–water partition coefficient (Wildman–Crippen LogP) is 0.120. The predicted molar refractivity (Wildman–Crippen MR) is 165 cm³/mol. The number of hydrogen-bond acceptors (Lipinski definition) is 13. The monoisotopic (exact) mass is 665 g/mol. The Morgan fingerprint density at radius 2 is 1.64 bits per heavy atom. The smallest absolute Gasteiger partial charge is 0.330 e. The summed E-state index contributed by atoms with van der Waals surface area (Å²) in [5.41, 5.74) is 5.98. The zero-order valence-electron chi connectivity index (χ0n) is 26.4. The van der Waals surface area contributed by atoms with Gasteiger partial charge in [0, 0.05) is 38.2 Å². The van der Waals surface area contributed by atoms with Crippen LogP contribution in [0.15, 0.2) is 60.8 Å². The van der Waals surface area contributed by atoms with Gasteiger partial charge in [-0.05, 0) is 19.9 Å². The maximum atomic E-state index is 12.3. The first-order valence-corrected chi connectivity index (χ1v) is 15.9. The molecular formula is C33H47NO13. The highest BCUT2D eigenvalue weighted by Crippen LogP contribution is 2.39. The Labute approximate surface area is 273 Å². The largest absolute Gasteiger partial charge is 0.481 e. The molecule has 3 fully saturated rings. The van der Waals surface area contributed by atoms with Crippen LogP contribution in [0.1, 0.15) is 46.0 Å². The van der Waals surface area contributed by atoms with Gasteiger partial charge in [-0.3, -0.25) is 4.79 Å². The van der Waals surface area contributed by atoms with Crippen LogP contribution >= 0.6 is 0 Å². The fourth-order valence-electron chi connectivity index (χ4n) is 6.00. The second-order valence-corrected chi connectivity index (χ2v) is 12.6. The molecule has 0 spiro atoms. The fraction of sp³-hybridized carbons (Fsp3) is 0.636. The number of rotatable bonds is 3. The first kappa shape index (κ1) is 37.1. The van der Waals surface area contributed by atoms with Gasteiger partial charge in [-0.25, -0.2) is 4.79 Å². The van der Waals surface area contributed by atoms with E-state index in [0.717, 1.165) is 0 Å². The lowest BCUT2D eigenvalue weighted by atomic mass is 9.83. The zero-order chi connectivity index (χ0) is 34.3. The third-order valence-electron chi connectivity index (χ3n) is 8.58. The molecule has 4 rings (SSSR count). The van der Waals surface area contributed by atoms with E-state index in [4.69, 9.17) is 29.4 Å². The molecule has 0 aromatic heterocycles. The van der Waals surface area contributed by atoms with Gasteiger partial charge in [-0.15, -0.1) is 0 Å². The molecule has 1 unspecified atom stereocenters. The second-order valence-electron chi connectivity index (χ2n) is 12.6. The summed E-state index contributed by atoms with van der Waals surface area (Å²) < 4.78 is 28.5. The number of carbonyl (C=O) groups is 2. The van der Waals surface area contributed by atoms with Crippen molar-refractivity contribution in [2.45, 2.75) is 125 Å². The minimum absolute atomic E-state index is 0.0789. The van der Waals surface area contributed by atoms with Crippen molar-refractivity contribution in [1.29, 1.82) is 0 Å². The number of ether oxygens (including phenoxy) is 5. The Balaban J connectivity index is 1.58. The highest BCUT2D eigenvalue weighted by molar-refractivity contribution is 5.82. The van der Waals surface area contributed by atoms with Crippen LogP contribution in [-0.2, 0) is 33.3 Å². The zero-order valence-corrected chi connectivity index (χ0v) is 26.4. The molecule has 262 valence electrons. The van der Waals surface area contributed by atoms with Crippen LogP contribution in [0.2, 0.25) is 0 Å². The van der Waals surface area contributed by atoms with Crippen LogP contribution in [-0.4, -0.2) is 122 Å². The molecular weight excluding hydrogens is 618 g/mol. The molecule has 4 aliphatic rings. The standard InChI is InChI=1S/C33H47NO13/c1-18-10-8-6-4-3-5-7-9-11-21(45-32-30(39)28(34)29(38)19(2)44-32)15-25-27(31(40)41)22(36)17-33(42,47-25)16-20(35)14-24-23(46-24)12-13-26(37)43-18/h3-9,11-13,18-25,27-30,32,35-36,38-39,42H,10,14-17,34H2,1-2H3,(H,40,41)/b4-3+,7-5+,8-6+,11-9+,13-12+/t18-,19-,20+,21+,22+,23-,24-,25+,27-,28+,29-,30+,32?,33-/m1/s1. The van der Waals surface area contributed by atoms with Gasteiger partial charge >= 0.3 is 11.9 Å². The Bertz CT molecular complexity index is 1220. The number of hydrogen-bond donors (Lipinski definition) is 7. The lowest BCUT2D eigenvalue weighted by Gasteiger charge is -2.45. The van der Waals surface area contributed by atoms with Crippen molar-refractivity contribution in [2.75, 3.05) is 0 Å². The number of carbonyl (C=O) groups excluding carboxylic acids is 1. The van der Waals surface area contributed by atoms with Crippen molar-refractivity contribution >= 4 is 11.9 Å². The summed E-state index contributed by atoms with van der Waals surface area (Å²) in [5.74, 6) is -5.45. The summed E-state index contributed by atoms with van der Waals surface area (Å²) in [4.78, 5) is 24.4. The minimum Gasteiger partial charge on any atom is -0.481 e. The van der Waals surface area contributed by atoms with Gasteiger partial charge in [0.15, 0.2) is 12.1 Å². The van der Waals surface area contributed by atoms with Crippen LogP contribution in [0.5, 0.6) is 0 Å². The molecule has 14 heteroatoms. The van der Waals surface area contributed by atoms with Crippen LogP contribution < -0.4 is 5.73 Å². The third-order valence-corrected chi connectivity index (χ3v) is 8.58. The van der Waals surface area contributed by atoms with Gasteiger partial charge in [-0.1, -0.05) is 48.6 Å². The normalized spacial score (nSPS) is 47.2. The Morgan fingerprint density at radius 3 is 2.36 bits per heavy atom. The molecule has 0 amide bonds. The number of epoxide rings is 1. The van der Waals surface area contributed by atoms with Crippen molar-refractivity contribution in [2.24, 2.45) is 11.7 Å². The van der Waals surface area contributed by atoms with Crippen molar-refractivity contribution < 1.29 is 63.9 Å². The molecule has 3 saturated heterocycles. The van der Waals surface area contributed by atoms with Gasteiger partial charge in [0.05, 0.1) is 48.8 Å². The van der Waals surface area contributed by atoms with E-state index in [1.54, 1.807) is 56.4 Å². The summed E-state index contributed by atoms with van der Waals surface area (Å²) in [5, 5.41) is 63.9. The van der Waals surface area contributed by atoms with Crippen molar-refractivity contribution in [3.05, 3.63) is 60.8 Å². The molecule has 0 aliphatic carbocycles. The van der Waals surface area contributed by atoms with E-state index in [9.17, 15) is 40.2 Å². The summed E-state index contributed by atoms with van der Waals surface area (Å²) in [6.45, 7) is 3.34. The van der Waals surface area contributed by atoms with Crippen LogP contribution in [0.25, 0.3) is 0 Å². The molecule has 0 saturated carbocycles. The molecule has 0 radical (unpaired) electrons. The molecule has 14 nitrogen and oxygen atoms in total. The number of cyclic esters (lactones) is 1. The Hall–Kier alpha value is -2.76. The van der Waals surface area contributed by atoms with E-state index in [1.165, 1.54) is 12.2 Å². The first-order chi connectivity index (χ1) is 22.3.